The lowest BCUT2D eigenvalue weighted by molar-refractivity contribution is -0.124. The van der Waals surface area contributed by atoms with Crippen molar-refractivity contribution >= 4 is 69.7 Å². The normalized spacial score (nSPS) is 22.7. The molecule has 0 radical (unpaired) electrons. The minimum atomic E-state index is -0.525. The maximum absolute atomic E-state index is 15.1. The number of fused-ring (bicyclic) bond motifs is 1. The fourth-order valence-corrected chi connectivity index (χ4v) is 9.79. The molecule has 294 valence electrons. The Morgan fingerprint density at radius 2 is 0.907 bits per heavy atom. The van der Waals surface area contributed by atoms with E-state index < -0.39 is 36.6 Å². The zero-order valence-corrected chi connectivity index (χ0v) is 36.5. The van der Waals surface area contributed by atoms with E-state index in [4.69, 9.17) is 18.6 Å². The van der Waals surface area contributed by atoms with Gasteiger partial charge in [-0.1, -0.05) is 78.4 Å². The van der Waals surface area contributed by atoms with Gasteiger partial charge in [-0.05, 0) is 92.2 Å². The molecule has 0 bridgehead atoms. The van der Waals surface area contributed by atoms with Crippen LogP contribution in [-0.2, 0) is 28.2 Å². The van der Waals surface area contributed by atoms with Gasteiger partial charge in [-0.3, -0.25) is 9.59 Å². The van der Waals surface area contributed by atoms with E-state index in [1.54, 1.807) is 22.7 Å². The van der Waals surface area contributed by atoms with Crippen molar-refractivity contribution in [3.05, 3.63) is 45.2 Å². The van der Waals surface area contributed by atoms with Gasteiger partial charge in [-0.2, -0.15) is 0 Å². The van der Waals surface area contributed by atoms with E-state index in [0.29, 0.717) is 36.1 Å². The Balaban J connectivity index is 1.48. The number of rotatable bonds is 16. The van der Waals surface area contributed by atoms with Gasteiger partial charge in [-0.25, -0.2) is 0 Å². The molecule has 2 saturated heterocycles. The molecule has 0 aromatic carbocycles. The summed E-state index contributed by atoms with van der Waals surface area (Å²) in [6.07, 6.45) is 8.39. The van der Waals surface area contributed by atoms with E-state index in [9.17, 15) is 0 Å². The first-order valence-corrected chi connectivity index (χ1v) is 22.1. The van der Waals surface area contributed by atoms with Gasteiger partial charge in [0.1, 0.15) is 0 Å². The lowest BCUT2D eigenvalue weighted by Crippen LogP contribution is -2.41. The van der Waals surface area contributed by atoms with Crippen molar-refractivity contribution in [3.63, 3.8) is 0 Å². The number of hydrogen-bond donors (Lipinski definition) is 0. The maximum Gasteiger partial charge on any atom is 0.505 e. The van der Waals surface area contributed by atoms with Gasteiger partial charge in [0.2, 0.25) is 0 Å². The molecule has 0 aliphatic carbocycles. The molecular formula is C42H62B2N2O6S2. The van der Waals surface area contributed by atoms with Gasteiger partial charge in [0.15, 0.2) is 0 Å². The van der Waals surface area contributed by atoms with E-state index in [-0.39, 0.29) is 11.8 Å². The molecule has 0 N–H and O–H groups in total. The number of carbonyl (C=O) groups is 2. The van der Waals surface area contributed by atoms with E-state index in [1.165, 1.54) is 0 Å². The van der Waals surface area contributed by atoms with Crippen molar-refractivity contribution in [2.75, 3.05) is 13.1 Å². The van der Waals surface area contributed by atoms with Gasteiger partial charge in [0.25, 0.3) is 11.8 Å². The Hall–Kier alpha value is -2.21. The largest absolute Gasteiger partial charge is 0.505 e. The van der Waals surface area contributed by atoms with Gasteiger partial charge in [0, 0.05) is 22.6 Å². The van der Waals surface area contributed by atoms with Crippen LogP contribution in [0.3, 0.4) is 0 Å². The Kier molecular flexibility index (Phi) is 12.0. The predicted molar refractivity (Wildman–Crippen MR) is 224 cm³/mol. The van der Waals surface area contributed by atoms with E-state index in [1.807, 2.05) is 21.9 Å². The molecule has 2 atom stereocenters. The first-order chi connectivity index (χ1) is 25.4. The SMILES string of the molecule is CCCC[C@H](CC)CN1C(=O)C2=C(c3ccc(B4OC(C)(C)C(C)(C)O4)s3)N(C[C@@H](CC)CCCC)C(=O)C2=C1c1ccc(B2OC(C)(C)C(C)(C)O2)s1. The second-order valence-electron chi connectivity index (χ2n) is 17.7. The highest BCUT2D eigenvalue weighted by Gasteiger charge is 2.55. The van der Waals surface area contributed by atoms with Crippen LogP contribution in [0, 0.1) is 11.8 Å². The minimum absolute atomic E-state index is 0.0847. The number of thiophene rings is 2. The summed E-state index contributed by atoms with van der Waals surface area (Å²) in [5, 5.41) is 0. The summed E-state index contributed by atoms with van der Waals surface area (Å²) >= 11 is 3.12. The number of amides is 2. The van der Waals surface area contributed by atoms with E-state index in [0.717, 1.165) is 82.1 Å². The quantitative estimate of drug-likeness (QED) is 0.159. The smallest absolute Gasteiger partial charge is 0.399 e. The molecule has 54 heavy (non-hydrogen) atoms. The number of carbonyl (C=O) groups excluding carboxylic acids is 2. The van der Waals surface area contributed by atoms with Crippen LogP contribution in [-0.4, -0.2) is 71.3 Å². The van der Waals surface area contributed by atoms with Crippen molar-refractivity contribution < 1.29 is 28.2 Å². The Labute approximate surface area is 333 Å². The van der Waals surface area contributed by atoms with Gasteiger partial charge in [-0.15, -0.1) is 22.7 Å². The molecule has 0 spiro atoms. The molecule has 2 aromatic rings. The van der Waals surface area contributed by atoms with Gasteiger partial charge >= 0.3 is 14.2 Å². The monoisotopic (exact) mass is 776 g/mol. The fourth-order valence-electron chi connectivity index (χ4n) is 7.74. The Bertz CT molecular complexity index is 1630. The Morgan fingerprint density at radius 1 is 0.574 bits per heavy atom. The molecule has 0 unspecified atom stereocenters. The average molecular weight is 777 g/mol. The van der Waals surface area contributed by atoms with Crippen LogP contribution in [0.5, 0.6) is 0 Å². The summed E-state index contributed by atoms with van der Waals surface area (Å²) < 4.78 is 27.6. The van der Waals surface area contributed by atoms with Crippen LogP contribution in [0.25, 0.3) is 11.4 Å². The zero-order valence-electron chi connectivity index (χ0n) is 34.9. The van der Waals surface area contributed by atoms with Crippen molar-refractivity contribution in [3.8, 4) is 0 Å². The summed E-state index contributed by atoms with van der Waals surface area (Å²) in [5.74, 6) is 0.463. The second-order valence-corrected chi connectivity index (χ2v) is 19.9. The number of nitrogens with zero attached hydrogens (tertiary/aromatic N) is 2. The molecule has 4 aliphatic rings. The molecule has 2 amide bonds. The van der Waals surface area contributed by atoms with Crippen molar-refractivity contribution in [2.45, 2.75) is 157 Å². The van der Waals surface area contributed by atoms with Crippen LogP contribution in [0.1, 0.15) is 144 Å². The average Bonchev–Trinajstić information content (AvgIpc) is 3.94. The van der Waals surface area contributed by atoms with Crippen molar-refractivity contribution in [1.82, 2.24) is 9.80 Å². The lowest BCUT2D eigenvalue weighted by atomic mass is 9.88. The molecule has 0 saturated carbocycles. The highest BCUT2D eigenvalue weighted by atomic mass is 32.1. The van der Waals surface area contributed by atoms with Crippen LogP contribution in [0.2, 0.25) is 0 Å². The first kappa shape index (κ1) is 41.4. The Morgan fingerprint density at radius 3 is 1.20 bits per heavy atom. The molecule has 2 aromatic heterocycles. The van der Waals surface area contributed by atoms with Crippen LogP contribution in [0.15, 0.2) is 35.4 Å². The summed E-state index contributed by atoms with van der Waals surface area (Å²) in [6, 6.07) is 8.19. The predicted octanol–water partition coefficient (Wildman–Crippen LogP) is 8.65. The standard InChI is InChI=1S/C42H62B2N2O6S2/c1-13-17-19-27(15-3)25-45-35(29-21-23-31(53-29)43-49-39(5,6)40(7,8)50-43)33-34(37(45)47)36(46(38(33)48)26-28(16-4)20-18-14-2)30-22-24-32(54-30)44-51-41(9,10)42(11,12)52-44/h21-24,27-28H,13-20,25-26H2,1-12H3/t27-,28-/m0/s1. The minimum Gasteiger partial charge on any atom is -0.399 e. The zero-order chi connectivity index (χ0) is 39.4. The van der Waals surface area contributed by atoms with Crippen LogP contribution in [0.4, 0.5) is 0 Å². The molecule has 2 fully saturated rings. The molecule has 4 aliphatic heterocycles. The van der Waals surface area contributed by atoms with Gasteiger partial charge in [0.05, 0.1) is 54.7 Å². The molecule has 12 heteroatoms. The van der Waals surface area contributed by atoms with E-state index in [2.05, 4.69) is 95.2 Å². The molecule has 8 nitrogen and oxygen atoms in total. The van der Waals surface area contributed by atoms with Crippen molar-refractivity contribution in [1.29, 1.82) is 0 Å². The summed E-state index contributed by atoms with van der Waals surface area (Å²) in [7, 11) is -1.05. The summed E-state index contributed by atoms with van der Waals surface area (Å²) in [6.45, 7) is 26.4. The van der Waals surface area contributed by atoms with Crippen LogP contribution < -0.4 is 9.55 Å². The highest BCUT2D eigenvalue weighted by molar-refractivity contribution is 7.23. The lowest BCUT2D eigenvalue weighted by Gasteiger charge is -2.32. The third kappa shape index (κ3) is 7.49. The van der Waals surface area contributed by atoms with E-state index >= 15 is 9.59 Å². The molecule has 6 heterocycles. The van der Waals surface area contributed by atoms with Crippen LogP contribution >= 0.6 is 22.7 Å². The highest BCUT2D eigenvalue weighted by Crippen LogP contribution is 2.49. The number of hydrogen-bond acceptors (Lipinski definition) is 8. The molecular weight excluding hydrogens is 714 g/mol. The maximum atomic E-state index is 15.1. The number of unbranched alkanes of at least 4 members (excludes halogenated alkanes) is 2. The van der Waals surface area contributed by atoms with Gasteiger partial charge < -0.3 is 28.4 Å². The fraction of sp³-hybridized carbons (Fsp3) is 0.667. The first-order valence-electron chi connectivity index (χ1n) is 20.4. The third-order valence-electron chi connectivity index (χ3n) is 12.8. The topological polar surface area (TPSA) is 77.5 Å². The summed E-state index contributed by atoms with van der Waals surface area (Å²) in [5.41, 5.74) is 0.592. The summed E-state index contributed by atoms with van der Waals surface area (Å²) in [4.78, 5) is 35.9. The molecule has 6 rings (SSSR count). The van der Waals surface area contributed by atoms with Crippen molar-refractivity contribution in [2.24, 2.45) is 11.8 Å². The third-order valence-corrected chi connectivity index (χ3v) is 15.1. The second kappa shape index (κ2) is 15.6.